The van der Waals surface area contributed by atoms with Gasteiger partial charge in [0, 0.05) is 23.4 Å². The number of fused-ring (bicyclic) bond motifs is 1. The van der Waals surface area contributed by atoms with Crippen LogP contribution in [0, 0.1) is 0 Å². The number of ketones is 1. The topological polar surface area (TPSA) is 22.0 Å². The molecule has 1 aromatic heterocycles. The monoisotopic (exact) mass is 235 g/mol. The predicted octanol–water partition coefficient (Wildman–Crippen LogP) is 4.08. The van der Waals surface area contributed by atoms with Crippen molar-refractivity contribution in [3.8, 4) is 0 Å². The summed E-state index contributed by atoms with van der Waals surface area (Å²) in [6, 6.07) is 7.87. The molecule has 2 aromatic rings. The number of hydrogen-bond donors (Lipinski definition) is 0. The van der Waals surface area contributed by atoms with Crippen molar-refractivity contribution in [1.29, 1.82) is 0 Å². The standard InChI is InChI=1S/C13H14ClNO/c1-8(2)15-12-6-4-5-11(14)10(12)7-13(15)9(3)16/h4-8H,1-3H3. The molecule has 1 heterocycles. The Morgan fingerprint density at radius 3 is 2.62 bits per heavy atom. The van der Waals surface area contributed by atoms with E-state index in [1.807, 2.05) is 28.8 Å². The van der Waals surface area contributed by atoms with Gasteiger partial charge in [-0.2, -0.15) is 0 Å². The molecule has 0 amide bonds. The first-order valence-electron chi connectivity index (χ1n) is 5.32. The van der Waals surface area contributed by atoms with Gasteiger partial charge in [0.15, 0.2) is 5.78 Å². The van der Waals surface area contributed by atoms with E-state index in [9.17, 15) is 4.79 Å². The largest absolute Gasteiger partial charge is 0.335 e. The smallest absolute Gasteiger partial charge is 0.176 e. The van der Waals surface area contributed by atoms with Gasteiger partial charge in [-0.25, -0.2) is 0 Å². The lowest BCUT2D eigenvalue weighted by Gasteiger charge is -2.12. The molecule has 2 rings (SSSR count). The van der Waals surface area contributed by atoms with E-state index < -0.39 is 0 Å². The fourth-order valence-electron chi connectivity index (χ4n) is 2.04. The van der Waals surface area contributed by atoms with Crippen molar-refractivity contribution >= 4 is 28.3 Å². The van der Waals surface area contributed by atoms with Gasteiger partial charge in [0.05, 0.1) is 11.2 Å². The highest BCUT2D eigenvalue weighted by molar-refractivity contribution is 6.35. The Kier molecular flexibility index (Phi) is 2.76. The van der Waals surface area contributed by atoms with E-state index in [1.165, 1.54) is 0 Å². The van der Waals surface area contributed by atoms with Crippen molar-refractivity contribution in [1.82, 2.24) is 4.57 Å². The summed E-state index contributed by atoms with van der Waals surface area (Å²) in [4.78, 5) is 11.6. The maximum atomic E-state index is 11.6. The van der Waals surface area contributed by atoms with Crippen LogP contribution in [0.2, 0.25) is 5.02 Å². The molecule has 0 N–H and O–H groups in total. The van der Waals surface area contributed by atoms with Crippen LogP contribution in [-0.2, 0) is 0 Å². The minimum Gasteiger partial charge on any atom is -0.335 e. The summed E-state index contributed by atoms with van der Waals surface area (Å²) in [5.41, 5.74) is 1.74. The van der Waals surface area contributed by atoms with E-state index in [2.05, 4.69) is 13.8 Å². The average molecular weight is 236 g/mol. The normalized spacial score (nSPS) is 11.3. The molecule has 3 heteroatoms. The lowest BCUT2D eigenvalue weighted by molar-refractivity contribution is 0.100. The molecule has 16 heavy (non-hydrogen) atoms. The van der Waals surface area contributed by atoms with Gasteiger partial charge < -0.3 is 4.57 Å². The Labute approximate surface area is 99.8 Å². The van der Waals surface area contributed by atoms with Crippen LogP contribution in [0.1, 0.15) is 37.3 Å². The fourth-order valence-corrected chi connectivity index (χ4v) is 2.27. The van der Waals surface area contributed by atoms with E-state index in [-0.39, 0.29) is 11.8 Å². The number of carbonyl (C=O) groups excluding carboxylic acids is 1. The maximum absolute atomic E-state index is 11.6. The zero-order valence-electron chi connectivity index (χ0n) is 9.62. The van der Waals surface area contributed by atoms with Crippen LogP contribution in [0.25, 0.3) is 10.9 Å². The summed E-state index contributed by atoms with van der Waals surface area (Å²) in [5, 5.41) is 1.64. The average Bonchev–Trinajstić information content (AvgIpc) is 2.58. The number of nitrogens with zero attached hydrogens (tertiary/aromatic N) is 1. The summed E-state index contributed by atoms with van der Waals surface area (Å²) in [6.45, 7) is 5.71. The van der Waals surface area contributed by atoms with Gasteiger partial charge in [0.25, 0.3) is 0 Å². The zero-order valence-corrected chi connectivity index (χ0v) is 10.4. The number of hydrogen-bond acceptors (Lipinski definition) is 1. The predicted molar refractivity (Wildman–Crippen MR) is 67.3 cm³/mol. The summed E-state index contributed by atoms with van der Waals surface area (Å²) in [5.74, 6) is 0.0703. The molecule has 1 aromatic carbocycles. The molecule has 0 aliphatic carbocycles. The van der Waals surface area contributed by atoms with E-state index >= 15 is 0 Å². The van der Waals surface area contributed by atoms with Crippen LogP contribution in [0.15, 0.2) is 24.3 Å². The Morgan fingerprint density at radius 2 is 2.06 bits per heavy atom. The second-order valence-electron chi connectivity index (χ2n) is 4.22. The molecule has 0 saturated heterocycles. The van der Waals surface area contributed by atoms with Gasteiger partial charge in [0.2, 0.25) is 0 Å². The number of aromatic nitrogens is 1. The number of halogens is 1. The van der Waals surface area contributed by atoms with Crippen molar-refractivity contribution in [2.24, 2.45) is 0 Å². The molecule has 0 radical (unpaired) electrons. The van der Waals surface area contributed by atoms with Gasteiger partial charge in [-0.05, 0) is 32.0 Å². The number of benzene rings is 1. The SMILES string of the molecule is CC(=O)c1cc2c(Cl)cccc2n1C(C)C. The van der Waals surface area contributed by atoms with Crippen LogP contribution < -0.4 is 0 Å². The minimum atomic E-state index is 0.0703. The number of Topliss-reactive ketones (excluding diaryl/α,β-unsaturated/α-hetero) is 1. The molecule has 0 fully saturated rings. The Bertz CT molecular complexity index is 554. The van der Waals surface area contributed by atoms with Crippen LogP contribution in [0.4, 0.5) is 0 Å². The first-order chi connectivity index (χ1) is 7.52. The molecular formula is C13H14ClNO. The van der Waals surface area contributed by atoms with Crippen molar-refractivity contribution in [2.45, 2.75) is 26.8 Å². The molecule has 0 bridgehead atoms. The molecule has 0 unspecified atom stereocenters. The highest BCUT2D eigenvalue weighted by Crippen LogP contribution is 2.29. The Hall–Kier alpha value is -1.28. The van der Waals surface area contributed by atoms with Crippen LogP contribution in [0.5, 0.6) is 0 Å². The lowest BCUT2D eigenvalue weighted by atomic mass is 10.2. The molecule has 2 nitrogen and oxygen atoms in total. The minimum absolute atomic E-state index is 0.0703. The Balaban J connectivity index is 2.86. The van der Waals surface area contributed by atoms with E-state index in [0.29, 0.717) is 5.02 Å². The van der Waals surface area contributed by atoms with Crippen molar-refractivity contribution in [3.63, 3.8) is 0 Å². The van der Waals surface area contributed by atoms with Gasteiger partial charge >= 0.3 is 0 Å². The van der Waals surface area contributed by atoms with E-state index in [1.54, 1.807) is 6.92 Å². The summed E-state index contributed by atoms with van der Waals surface area (Å²) in [6.07, 6.45) is 0. The third-order valence-corrected chi connectivity index (χ3v) is 3.04. The van der Waals surface area contributed by atoms with E-state index in [0.717, 1.165) is 16.6 Å². The quantitative estimate of drug-likeness (QED) is 0.719. The second kappa shape index (κ2) is 3.95. The summed E-state index contributed by atoms with van der Waals surface area (Å²) >= 11 is 6.13. The first-order valence-corrected chi connectivity index (χ1v) is 5.70. The van der Waals surface area contributed by atoms with Crippen molar-refractivity contribution in [3.05, 3.63) is 35.0 Å². The van der Waals surface area contributed by atoms with Gasteiger partial charge in [-0.1, -0.05) is 17.7 Å². The molecular weight excluding hydrogens is 222 g/mol. The molecule has 0 saturated carbocycles. The molecule has 0 spiro atoms. The molecule has 0 aliphatic heterocycles. The van der Waals surface area contributed by atoms with Crippen molar-refractivity contribution < 1.29 is 4.79 Å². The second-order valence-corrected chi connectivity index (χ2v) is 4.63. The highest BCUT2D eigenvalue weighted by Gasteiger charge is 2.15. The summed E-state index contributed by atoms with van der Waals surface area (Å²) < 4.78 is 2.03. The highest BCUT2D eigenvalue weighted by atomic mass is 35.5. The fraction of sp³-hybridized carbons (Fsp3) is 0.308. The van der Waals surface area contributed by atoms with Crippen LogP contribution in [-0.4, -0.2) is 10.4 Å². The van der Waals surface area contributed by atoms with Crippen molar-refractivity contribution in [2.75, 3.05) is 0 Å². The lowest BCUT2D eigenvalue weighted by Crippen LogP contribution is -2.08. The van der Waals surface area contributed by atoms with Crippen LogP contribution in [0.3, 0.4) is 0 Å². The first kappa shape index (κ1) is 11.2. The molecule has 0 atom stereocenters. The number of rotatable bonds is 2. The van der Waals surface area contributed by atoms with Gasteiger partial charge in [-0.15, -0.1) is 0 Å². The Morgan fingerprint density at radius 1 is 1.38 bits per heavy atom. The number of carbonyl (C=O) groups is 1. The maximum Gasteiger partial charge on any atom is 0.176 e. The molecule has 0 aliphatic rings. The van der Waals surface area contributed by atoms with Crippen LogP contribution >= 0.6 is 11.6 Å². The zero-order chi connectivity index (χ0) is 11.9. The van der Waals surface area contributed by atoms with Gasteiger partial charge in [0.1, 0.15) is 0 Å². The third-order valence-electron chi connectivity index (χ3n) is 2.71. The van der Waals surface area contributed by atoms with Gasteiger partial charge in [-0.3, -0.25) is 4.79 Å². The van der Waals surface area contributed by atoms with E-state index in [4.69, 9.17) is 11.6 Å². The third kappa shape index (κ3) is 1.63. The molecule has 84 valence electrons. The summed E-state index contributed by atoms with van der Waals surface area (Å²) in [7, 11) is 0.